The molecule has 1 amide bonds. The molecule has 0 atom stereocenters. The number of rotatable bonds is 5. The number of H-pyrrole nitrogens is 1. The molecule has 0 fully saturated rings. The minimum atomic E-state index is -0.0808. The highest BCUT2D eigenvalue weighted by Gasteiger charge is 2.11. The van der Waals surface area contributed by atoms with E-state index in [1.807, 2.05) is 31.2 Å². The second-order valence-corrected chi connectivity index (χ2v) is 4.41. The van der Waals surface area contributed by atoms with Gasteiger partial charge in [-0.1, -0.05) is 25.1 Å². The maximum atomic E-state index is 12.2. The summed E-state index contributed by atoms with van der Waals surface area (Å²) in [6.45, 7) is 5.60. The molecule has 4 nitrogen and oxygen atoms in total. The predicted octanol–water partition coefficient (Wildman–Crippen LogP) is 3.11. The van der Waals surface area contributed by atoms with Crippen LogP contribution in [-0.2, 0) is 6.54 Å². The third-order valence-corrected chi connectivity index (χ3v) is 3.03. The second kappa shape index (κ2) is 7.72. The molecule has 2 aromatic rings. The van der Waals surface area contributed by atoms with Crippen molar-refractivity contribution in [1.29, 1.82) is 0 Å². The van der Waals surface area contributed by atoms with E-state index in [1.54, 1.807) is 12.3 Å². The molecule has 1 aromatic carbocycles. The minimum Gasteiger partial charge on any atom is -0.365 e. The molecule has 1 aromatic heterocycles. The first-order chi connectivity index (χ1) is 9.22. The summed E-state index contributed by atoms with van der Waals surface area (Å²) in [4.78, 5) is 15.2. The first-order valence-electron chi connectivity index (χ1n) is 6.46. The number of amides is 1. The van der Waals surface area contributed by atoms with Crippen LogP contribution in [0.5, 0.6) is 0 Å². The van der Waals surface area contributed by atoms with Gasteiger partial charge in [0, 0.05) is 24.1 Å². The van der Waals surface area contributed by atoms with Crippen LogP contribution in [-0.4, -0.2) is 17.4 Å². The van der Waals surface area contributed by atoms with E-state index in [0.717, 1.165) is 30.0 Å². The quantitative estimate of drug-likeness (QED) is 0.793. The number of hydrogen-bond acceptors (Lipinski definition) is 2. The Morgan fingerprint density at radius 2 is 2.00 bits per heavy atom. The van der Waals surface area contributed by atoms with E-state index in [9.17, 15) is 4.79 Å². The molecular weight excluding hydrogens is 274 g/mol. The van der Waals surface area contributed by atoms with Crippen molar-refractivity contribution in [3.8, 4) is 0 Å². The Labute approximate surface area is 125 Å². The summed E-state index contributed by atoms with van der Waals surface area (Å²) in [6, 6.07) is 9.63. The molecule has 0 radical (unpaired) electrons. The van der Waals surface area contributed by atoms with Gasteiger partial charge in [0.15, 0.2) is 0 Å². The van der Waals surface area contributed by atoms with Crippen LogP contribution in [0.2, 0.25) is 0 Å². The Bertz CT molecular complexity index is 566. The highest BCUT2D eigenvalue weighted by atomic mass is 35.5. The monoisotopic (exact) mass is 293 g/mol. The molecule has 3 N–H and O–H groups in total. The van der Waals surface area contributed by atoms with Gasteiger partial charge in [0.25, 0.3) is 5.91 Å². The summed E-state index contributed by atoms with van der Waals surface area (Å²) in [5.74, 6) is -0.0808. The Kier molecular flexibility index (Phi) is 6.28. The topological polar surface area (TPSA) is 56.9 Å². The van der Waals surface area contributed by atoms with Gasteiger partial charge in [-0.3, -0.25) is 4.79 Å². The molecular formula is C15H20ClN3O. The molecule has 0 bridgehead atoms. The third-order valence-electron chi connectivity index (χ3n) is 3.03. The summed E-state index contributed by atoms with van der Waals surface area (Å²) in [7, 11) is 0. The Morgan fingerprint density at radius 3 is 2.65 bits per heavy atom. The van der Waals surface area contributed by atoms with Crippen molar-refractivity contribution >= 4 is 24.0 Å². The van der Waals surface area contributed by atoms with Gasteiger partial charge in [-0.2, -0.15) is 0 Å². The molecule has 20 heavy (non-hydrogen) atoms. The van der Waals surface area contributed by atoms with E-state index < -0.39 is 0 Å². The van der Waals surface area contributed by atoms with E-state index in [4.69, 9.17) is 0 Å². The van der Waals surface area contributed by atoms with Gasteiger partial charge in [0.05, 0.1) is 5.56 Å². The number of benzene rings is 1. The van der Waals surface area contributed by atoms with Gasteiger partial charge in [0.1, 0.15) is 0 Å². The summed E-state index contributed by atoms with van der Waals surface area (Å²) in [6.07, 6.45) is 1.77. The highest BCUT2D eigenvalue weighted by molar-refractivity contribution is 6.05. The van der Waals surface area contributed by atoms with Gasteiger partial charge in [-0.15, -0.1) is 12.4 Å². The number of aryl methyl sites for hydroxylation is 1. The fraction of sp³-hybridized carbons (Fsp3) is 0.267. The second-order valence-electron chi connectivity index (χ2n) is 4.41. The van der Waals surface area contributed by atoms with Crippen molar-refractivity contribution in [2.24, 2.45) is 0 Å². The lowest BCUT2D eigenvalue weighted by molar-refractivity contribution is 0.102. The van der Waals surface area contributed by atoms with Crippen LogP contribution in [0.4, 0.5) is 5.69 Å². The third kappa shape index (κ3) is 3.85. The first-order valence-corrected chi connectivity index (χ1v) is 6.46. The molecule has 0 spiro atoms. The maximum absolute atomic E-state index is 12.2. The molecule has 0 unspecified atom stereocenters. The average molecular weight is 294 g/mol. The summed E-state index contributed by atoms with van der Waals surface area (Å²) in [5, 5.41) is 6.23. The maximum Gasteiger partial charge on any atom is 0.257 e. The molecule has 5 heteroatoms. The predicted molar refractivity (Wildman–Crippen MR) is 84.6 cm³/mol. The van der Waals surface area contributed by atoms with Crippen molar-refractivity contribution in [2.45, 2.75) is 20.4 Å². The summed E-state index contributed by atoms with van der Waals surface area (Å²) < 4.78 is 0. The lowest BCUT2D eigenvalue weighted by atomic mass is 10.1. The van der Waals surface area contributed by atoms with Crippen molar-refractivity contribution < 1.29 is 4.79 Å². The van der Waals surface area contributed by atoms with Crippen LogP contribution >= 0.6 is 12.4 Å². The van der Waals surface area contributed by atoms with Gasteiger partial charge in [-0.05, 0) is 31.2 Å². The zero-order valence-corrected chi connectivity index (χ0v) is 12.5. The van der Waals surface area contributed by atoms with Gasteiger partial charge < -0.3 is 15.6 Å². The molecule has 0 saturated carbocycles. The normalized spacial score (nSPS) is 9.90. The largest absolute Gasteiger partial charge is 0.365 e. The van der Waals surface area contributed by atoms with Gasteiger partial charge in [0.2, 0.25) is 0 Å². The van der Waals surface area contributed by atoms with Crippen molar-refractivity contribution in [3.63, 3.8) is 0 Å². The van der Waals surface area contributed by atoms with Crippen LogP contribution in [0.15, 0.2) is 36.5 Å². The number of anilines is 1. The van der Waals surface area contributed by atoms with Crippen molar-refractivity contribution in [2.75, 3.05) is 11.9 Å². The smallest absolute Gasteiger partial charge is 0.257 e. The Morgan fingerprint density at radius 1 is 1.25 bits per heavy atom. The fourth-order valence-electron chi connectivity index (χ4n) is 1.94. The molecule has 0 aliphatic carbocycles. The first kappa shape index (κ1) is 16.3. The van der Waals surface area contributed by atoms with Crippen LogP contribution in [0, 0.1) is 6.92 Å². The Balaban J connectivity index is 0.00000200. The molecule has 2 rings (SSSR count). The standard InChI is InChI=1S/C15H19N3O.ClH/c1-3-16-10-12-6-4-5-7-14(12)18-15(19)13-8-9-17-11(13)2;/h4-9,16-17H,3,10H2,1-2H3,(H,18,19);1H. The minimum absolute atomic E-state index is 0. The molecule has 0 aliphatic heterocycles. The van der Waals surface area contributed by atoms with E-state index >= 15 is 0 Å². The zero-order chi connectivity index (χ0) is 13.7. The van der Waals surface area contributed by atoms with Crippen LogP contribution < -0.4 is 10.6 Å². The van der Waals surface area contributed by atoms with Crippen LogP contribution in [0.1, 0.15) is 28.5 Å². The van der Waals surface area contributed by atoms with E-state index in [2.05, 4.69) is 22.5 Å². The zero-order valence-electron chi connectivity index (χ0n) is 11.7. The van der Waals surface area contributed by atoms with Crippen LogP contribution in [0.3, 0.4) is 0 Å². The van der Waals surface area contributed by atoms with Crippen molar-refractivity contribution in [1.82, 2.24) is 10.3 Å². The number of para-hydroxylation sites is 1. The number of carbonyl (C=O) groups excluding carboxylic acids is 1. The van der Waals surface area contributed by atoms with Crippen LogP contribution in [0.25, 0.3) is 0 Å². The number of hydrogen-bond donors (Lipinski definition) is 3. The fourth-order valence-corrected chi connectivity index (χ4v) is 1.94. The van der Waals surface area contributed by atoms with Crippen molar-refractivity contribution in [3.05, 3.63) is 53.3 Å². The van der Waals surface area contributed by atoms with E-state index in [-0.39, 0.29) is 18.3 Å². The molecule has 0 saturated heterocycles. The van der Waals surface area contributed by atoms with E-state index in [1.165, 1.54) is 0 Å². The Hall–Kier alpha value is -1.78. The number of carbonyl (C=O) groups is 1. The molecule has 1 heterocycles. The van der Waals surface area contributed by atoms with Gasteiger partial charge >= 0.3 is 0 Å². The van der Waals surface area contributed by atoms with E-state index in [0.29, 0.717) is 5.56 Å². The molecule has 0 aliphatic rings. The summed E-state index contributed by atoms with van der Waals surface area (Å²) >= 11 is 0. The SMILES string of the molecule is CCNCc1ccccc1NC(=O)c1cc[nH]c1C.Cl. The number of aromatic amines is 1. The number of halogens is 1. The lowest BCUT2D eigenvalue weighted by Crippen LogP contribution is -2.17. The number of nitrogens with one attached hydrogen (secondary N) is 3. The highest BCUT2D eigenvalue weighted by Crippen LogP contribution is 2.16. The average Bonchev–Trinajstić information content (AvgIpc) is 2.84. The molecule has 108 valence electrons. The van der Waals surface area contributed by atoms with Gasteiger partial charge in [-0.25, -0.2) is 0 Å². The lowest BCUT2D eigenvalue weighted by Gasteiger charge is -2.11. The number of aromatic nitrogens is 1. The summed E-state index contributed by atoms with van der Waals surface area (Å²) in [5.41, 5.74) is 3.50.